The van der Waals surface area contributed by atoms with Crippen molar-refractivity contribution in [3.8, 4) is 23.0 Å². The van der Waals surface area contributed by atoms with Crippen LogP contribution in [0.25, 0.3) is 10.9 Å². The van der Waals surface area contributed by atoms with Crippen LogP contribution in [0.15, 0.2) is 59.1 Å². The number of halogens is 1. The third-order valence-electron chi connectivity index (χ3n) is 7.10. The number of anilines is 3. The molecule has 0 aliphatic carbocycles. The molecule has 8 nitrogen and oxygen atoms in total. The molecule has 4 aromatic rings. The number of rotatable bonds is 14. The average molecular weight is 624 g/mol. The Morgan fingerprint density at radius 1 is 0.829 bits per heavy atom. The Labute approximate surface area is 250 Å². The van der Waals surface area contributed by atoms with Gasteiger partial charge in [0.2, 0.25) is 0 Å². The molecular weight excluding hydrogens is 584 g/mol. The van der Waals surface area contributed by atoms with Crippen molar-refractivity contribution >= 4 is 44.0 Å². The predicted octanol–water partition coefficient (Wildman–Crippen LogP) is 7.42. The molecule has 0 aliphatic rings. The molecule has 4 rings (SSSR count). The highest BCUT2D eigenvalue weighted by Gasteiger charge is 2.21. The second-order valence-electron chi connectivity index (χ2n) is 9.72. The van der Waals surface area contributed by atoms with Gasteiger partial charge in [0.1, 0.15) is 23.0 Å². The summed E-state index contributed by atoms with van der Waals surface area (Å²) >= 11 is 3.62. The summed E-state index contributed by atoms with van der Waals surface area (Å²) in [5.74, 6) is 3.60. The maximum Gasteiger partial charge on any atom is 0.152 e. The van der Waals surface area contributed by atoms with Gasteiger partial charge in [-0.3, -0.25) is 0 Å². The van der Waals surface area contributed by atoms with Crippen molar-refractivity contribution in [2.45, 2.75) is 39.3 Å². The summed E-state index contributed by atoms with van der Waals surface area (Å²) in [4.78, 5) is 7.28. The number of nitrogen functional groups attached to an aromatic ring is 1. The minimum Gasteiger partial charge on any atom is -0.497 e. The van der Waals surface area contributed by atoms with E-state index in [1.165, 1.54) is 0 Å². The zero-order valence-corrected chi connectivity index (χ0v) is 26.0. The second-order valence-corrected chi connectivity index (χ2v) is 10.6. The highest BCUT2D eigenvalue weighted by Crippen LogP contribution is 2.40. The van der Waals surface area contributed by atoms with Gasteiger partial charge in [-0.2, -0.15) is 0 Å². The molecule has 1 aromatic heterocycles. The summed E-state index contributed by atoms with van der Waals surface area (Å²) in [7, 11) is 6.63. The van der Waals surface area contributed by atoms with Crippen molar-refractivity contribution in [3.63, 3.8) is 0 Å². The number of fused-ring (bicyclic) bond motifs is 1. The predicted molar refractivity (Wildman–Crippen MR) is 171 cm³/mol. The number of nitrogens with one attached hydrogen (secondary N) is 1. The molecule has 218 valence electrons. The first kappa shape index (κ1) is 30.1. The third-order valence-corrected chi connectivity index (χ3v) is 7.59. The Balaban J connectivity index is 1.78. The lowest BCUT2D eigenvalue weighted by atomic mass is 10.1. The van der Waals surface area contributed by atoms with Gasteiger partial charge in [0, 0.05) is 52.8 Å². The molecule has 0 fully saturated rings. The van der Waals surface area contributed by atoms with E-state index >= 15 is 0 Å². The van der Waals surface area contributed by atoms with Crippen LogP contribution in [0.4, 0.5) is 17.2 Å². The first-order valence-electron chi connectivity index (χ1n) is 13.7. The lowest BCUT2D eigenvalue weighted by Crippen LogP contribution is -2.26. The van der Waals surface area contributed by atoms with Crippen molar-refractivity contribution in [3.05, 3.63) is 70.2 Å². The van der Waals surface area contributed by atoms with E-state index in [1.807, 2.05) is 42.5 Å². The summed E-state index contributed by atoms with van der Waals surface area (Å²) in [6, 6.07) is 17.8. The quantitative estimate of drug-likeness (QED) is 0.140. The largest absolute Gasteiger partial charge is 0.497 e. The van der Waals surface area contributed by atoms with E-state index in [0.29, 0.717) is 24.6 Å². The lowest BCUT2D eigenvalue weighted by molar-refractivity contribution is 0.390. The molecule has 0 atom stereocenters. The fraction of sp³-hybridized carbons (Fsp3) is 0.344. The van der Waals surface area contributed by atoms with Gasteiger partial charge >= 0.3 is 0 Å². The van der Waals surface area contributed by atoms with Crippen LogP contribution in [0.5, 0.6) is 23.0 Å². The summed E-state index contributed by atoms with van der Waals surface area (Å²) < 4.78 is 23.1. The van der Waals surface area contributed by atoms with Crippen molar-refractivity contribution in [1.82, 2.24) is 4.98 Å². The van der Waals surface area contributed by atoms with Gasteiger partial charge in [-0.05, 0) is 48.9 Å². The first-order valence-corrected chi connectivity index (χ1v) is 14.5. The summed E-state index contributed by atoms with van der Waals surface area (Å²) in [5.41, 5.74) is 11.4. The number of hydrogen-bond acceptors (Lipinski definition) is 8. The molecule has 0 saturated carbocycles. The van der Waals surface area contributed by atoms with Gasteiger partial charge in [-0.25, -0.2) is 4.98 Å². The van der Waals surface area contributed by atoms with Gasteiger partial charge < -0.3 is 34.9 Å². The molecule has 9 heteroatoms. The molecule has 0 bridgehead atoms. The molecule has 3 N–H and O–H groups in total. The summed E-state index contributed by atoms with van der Waals surface area (Å²) in [5, 5.41) is 4.47. The van der Waals surface area contributed by atoms with Crippen LogP contribution in [0.3, 0.4) is 0 Å². The SMILES string of the molecule is CCCCCN(Cc1ccc(OC)cc1OC)c1c(N)c(NCc2ccc(OC)cc2OC)nc2cc(Br)ccc12. The normalized spacial score (nSPS) is 10.9. The number of benzene rings is 3. The Bertz CT molecular complexity index is 1480. The van der Waals surface area contributed by atoms with Crippen LogP contribution >= 0.6 is 15.9 Å². The fourth-order valence-corrected chi connectivity index (χ4v) is 5.25. The van der Waals surface area contributed by atoms with E-state index in [2.05, 4.69) is 45.2 Å². The number of methoxy groups -OCH3 is 4. The number of ether oxygens (including phenoxy) is 4. The van der Waals surface area contributed by atoms with E-state index < -0.39 is 0 Å². The van der Waals surface area contributed by atoms with Crippen LogP contribution in [-0.2, 0) is 13.1 Å². The number of hydrogen-bond donors (Lipinski definition) is 2. The molecule has 0 unspecified atom stereocenters. The molecule has 3 aromatic carbocycles. The van der Waals surface area contributed by atoms with Crippen molar-refractivity contribution in [2.75, 3.05) is 50.9 Å². The van der Waals surface area contributed by atoms with Gasteiger partial charge in [0.25, 0.3) is 0 Å². The smallest absolute Gasteiger partial charge is 0.152 e. The third kappa shape index (κ3) is 7.08. The molecule has 0 amide bonds. The van der Waals surface area contributed by atoms with Crippen LogP contribution in [0, 0.1) is 0 Å². The maximum atomic E-state index is 6.96. The van der Waals surface area contributed by atoms with Crippen LogP contribution < -0.4 is 34.9 Å². The molecule has 0 radical (unpaired) electrons. The second kappa shape index (κ2) is 14.2. The Morgan fingerprint density at radius 2 is 1.49 bits per heavy atom. The highest BCUT2D eigenvalue weighted by atomic mass is 79.9. The fourth-order valence-electron chi connectivity index (χ4n) is 4.90. The molecule has 0 aliphatic heterocycles. The van der Waals surface area contributed by atoms with E-state index in [0.717, 1.165) is 81.0 Å². The minimum atomic E-state index is 0.478. The summed E-state index contributed by atoms with van der Waals surface area (Å²) in [6.45, 7) is 4.13. The zero-order chi connectivity index (χ0) is 29.4. The Morgan fingerprint density at radius 3 is 2.12 bits per heavy atom. The van der Waals surface area contributed by atoms with Crippen LogP contribution in [-0.4, -0.2) is 40.0 Å². The zero-order valence-electron chi connectivity index (χ0n) is 24.4. The summed E-state index contributed by atoms with van der Waals surface area (Å²) in [6.07, 6.45) is 3.27. The number of nitrogens with two attached hydrogens (primary N) is 1. The van der Waals surface area contributed by atoms with E-state index in [1.54, 1.807) is 28.4 Å². The monoisotopic (exact) mass is 622 g/mol. The lowest BCUT2D eigenvalue weighted by Gasteiger charge is -2.29. The number of pyridine rings is 1. The molecule has 1 heterocycles. The standard InChI is InChI=1S/C32H39BrN4O4/c1-6-7-8-15-37(20-22-10-13-25(39-3)18-29(22)41-5)31-26-14-11-23(33)16-27(26)36-32(30(31)34)35-19-21-9-12-24(38-2)17-28(21)40-4/h9-14,16-18H,6-8,15,19-20,34H2,1-5H3,(H,35,36). The van der Waals surface area contributed by atoms with Crippen LogP contribution in [0.1, 0.15) is 37.3 Å². The highest BCUT2D eigenvalue weighted by molar-refractivity contribution is 9.10. The van der Waals surface area contributed by atoms with Gasteiger partial charge in [0.05, 0.1) is 45.3 Å². The van der Waals surface area contributed by atoms with Crippen molar-refractivity contribution in [1.29, 1.82) is 0 Å². The number of nitrogens with zero attached hydrogens (tertiary/aromatic N) is 2. The molecule has 0 spiro atoms. The average Bonchev–Trinajstić information content (AvgIpc) is 2.99. The van der Waals surface area contributed by atoms with Crippen LogP contribution in [0.2, 0.25) is 0 Å². The Kier molecular flexibility index (Phi) is 10.4. The van der Waals surface area contributed by atoms with Gasteiger partial charge in [0.15, 0.2) is 5.82 Å². The van der Waals surface area contributed by atoms with Crippen molar-refractivity contribution < 1.29 is 18.9 Å². The molecule has 0 saturated heterocycles. The van der Waals surface area contributed by atoms with Gasteiger partial charge in [-0.15, -0.1) is 0 Å². The number of aromatic nitrogens is 1. The minimum absolute atomic E-state index is 0.478. The van der Waals surface area contributed by atoms with E-state index in [4.69, 9.17) is 29.7 Å². The van der Waals surface area contributed by atoms with Crippen molar-refractivity contribution in [2.24, 2.45) is 0 Å². The maximum absolute atomic E-state index is 6.96. The molecule has 41 heavy (non-hydrogen) atoms. The number of unbranched alkanes of at least 4 members (excludes halogenated alkanes) is 2. The molecular formula is C32H39BrN4O4. The topological polar surface area (TPSA) is 91.1 Å². The first-order chi connectivity index (χ1) is 19.9. The van der Waals surface area contributed by atoms with Gasteiger partial charge in [-0.1, -0.05) is 35.7 Å². The van der Waals surface area contributed by atoms with E-state index in [-0.39, 0.29) is 0 Å². The Hall–Kier alpha value is -3.85. The van der Waals surface area contributed by atoms with E-state index in [9.17, 15) is 0 Å².